The summed E-state index contributed by atoms with van der Waals surface area (Å²) in [5, 5.41) is -1.39. The fraction of sp³-hybridized carbons (Fsp3) is 0.0548. The van der Waals surface area contributed by atoms with Crippen molar-refractivity contribution in [2.75, 3.05) is 11.5 Å². The van der Waals surface area contributed by atoms with Crippen molar-refractivity contribution >= 4 is 39.8 Å². The van der Waals surface area contributed by atoms with E-state index in [-0.39, 0.29) is 11.5 Å². The predicted octanol–water partition coefficient (Wildman–Crippen LogP) is 17.8. The summed E-state index contributed by atoms with van der Waals surface area (Å²) < 4.78 is 161. The SMILES string of the molecule is Nc1ccc(C2(c3ccc(N)cc3)c3ccccc3-c3ccccc32)cc1.O=C(Cc1ccc(C2(c3ccc(CC(=O)c4cc(F)c(F)c(F)c4F)cc3)c3ccccc3-c3ccccc32)cc1)c1cc(F)c(F)c(F)c1F.O=C(Cl)c1cc(F)c(F)c(F)c1F. The monoisotopic (exact) mass is 1260 g/mol. The number of nitrogens with two attached hydrogens (primary N) is 2. The smallest absolute Gasteiger partial charge is 0.255 e. The van der Waals surface area contributed by atoms with Crippen molar-refractivity contribution in [1.29, 1.82) is 0 Å². The van der Waals surface area contributed by atoms with Crippen LogP contribution in [0.4, 0.5) is 64.1 Å². The number of Topliss-reactive ketones (excluding diaryl/α,β-unsaturated/α-hetero) is 2. The van der Waals surface area contributed by atoms with E-state index in [2.05, 4.69) is 72.8 Å². The maximum Gasteiger partial charge on any atom is 0.255 e. The van der Waals surface area contributed by atoms with Crippen LogP contribution in [0, 0.1) is 69.8 Å². The lowest BCUT2D eigenvalue weighted by molar-refractivity contribution is 0.0978. The average Bonchev–Trinajstić information content (AvgIpc) is 1.56. The lowest BCUT2D eigenvalue weighted by atomic mass is 9.67. The van der Waals surface area contributed by atoms with Crippen molar-refractivity contribution in [2.24, 2.45) is 0 Å². The molecule has 0 amide bonds. The molecule has 5 nitrogen and oxygen atoms in total. The number of rotatable bonds is 11. The Balaban J connectivity index is 0.000000175. The molecule has 0 fully saturated rings. The minimum Gasteiger partial charge on any atom is -0.399 e. The minimum atomic E-state index is -2.07. The van der Waals surface area contributed by atoms with E-state index in [1.54, 1.807) is 48.5 Å². The van der Waals surface area contributed by atoms with Gasteiger partial charge in [-0.15, -0.1) is 0 Å². The lowest BCUT2D eigenvalue weighted by Crippen LogP contribution is -2.28. The molecule has 2 aliphatic carbocycles. The Morgan fingerprint density at radius 1 is 0.308 bits per heavy atom. The van der Waals surface area contributed by atoms with Crippen LogP contribution >= 0.6 is 11.6 Å². The van der Waals surface area contributed by atoms with Crippen molar-refractivity contribution in [3.63, 3.8) is 0 Å². The molecule has 13 rings (SSSR count). The van der Waals surface area contributed by atoms with Crippen molar-refractivity contribution < 1.29 is 67.1 Å². The molecular weight excluding hydrogens is 1220 g/mol. The standard InChI is InChI=1S/C41H22F8O2.C25H20N2.C7HClF4O/c42-31-19-27(35(44)39(48)37(31)46)33(50)17-21-9-13-23(14-10-21)41(29-7-3-1-5-25(29)26-6-2-4-8-30(26)41)24-15-11-22(12-16-24)18-34(51)28-20-32(43)38(47)40(49)36(28)45;26-19-13-9-17(10-14-19)25(18-11-15-20(27)16-12-18)23-7-3-1-5-21(23)22-6-2-4-8-24(22)25;8-7(13)2-1-3(9)5(11)6(12)4(2)10/h1-16,19-20H,17-18H2;1-16H,26-27H2;1H. The van der Waals surface area contributed by atoms with Gasteiger partial charge in [0, 0.05) is 24.2 Å². The van der Waals surface area contributed by atoms with Crippen LogP contribution in [0.25, 0.3) is 22.3 Å². The summed E-state index contributed by atoms with van der Waals surface area (Å²) in [4.78, 5) is 36.1. The third kappa shape index (κ3) is 10.9. The largest absolute Gasteiger partial charge is 0.399 e. The molecule has 0 unspecified atom stereocenters. The molecule has 0 atom stereocenters. The second-order valence-corrected chi connectivity index (χ2v) is 21.7. The summed E-state index contributed by atoms with van der Waals surface area (Å²) in [6, 6.07) is 63.7. The van der Waals surface area contributed by atoms with Crippen LogP contribution < -0.4 is 11.5 Å². The average molecular weight is 1260 g/mol. The van der Waals surface area contributed by atoms with E-state index in [0.717, 1.165) is 44.8 Å². The second-order valence-electron chi connectivity index (χ2n) is 21.3. The molecule has 0 aromatic heterocycles. The van der Waals surface area contributed by atoms with Gasteiger partial charge < -0.3 is 11.5 Å². The molecule has 0 saturated carbocycles. The highest BCUT2D eigenvalue weighted by atomic mass is 35.5. The van der Waals surface area contributed by atoms with Crippen LogP contribution in [-0.2, 0) is 23.7 Å². The molecule has 0 heterocycles. The Morgan fingerprint density at radius 2 is 0.549 bits per heavy atom. The number of fused-ring (bicyclic) bond motifs is 6. The Morgan fingerprint density at radius 3 is 0.824 bits per heavy atom. The van der Waals surface area contributed by atoms with E-state index in [9.17, 15) is 67.1 Å². The van der Waals surface area contributed by atoms with Gasteiger partial charge in [0.05, 0.1) is 27.5 Å². The predicted molar refractivity (Wildman–Crippen MR) is 321 cm³/mol. The zero-order valence-electron chi connectivity index (χ0n) is 46.9. The first-order valence-corrected chi connectivity index (χ1v) is 28.0. The molecule has 0 aliphatic heterocycles. The molecule has 0 saturated heterocycles. The number of anilines is 2. The van der Waals surface area contributed by atoms with Gasteiger partial charge in [-0.2, -0.15) is 0 Å². The third-order valence-electron chi connectivity index (χ3n) is 16.2. The van der Waals surface area contributed by atoms with E-state index in [1.165, 1.54) is 33.4 Å². The van der Waals surface area contributed by atoms with Crippen molar-refractivity contribution in [3.05, 3.63) is 354 Å². The van der Waals surface area contributed by atoms with Crippen LogP contribution in [0.15, 0.2) is 212 Å². The number of halogens is 13. The number of hydrogen-bond donors (Lipinski definition) is 2. The molecule has 18 heteroatoms. The molecule has 2 aliphatic rings. The van der Waals surface area contributed by atoms with E-state index in [1.807, 2.05) is 72.8 Å². The first-order chi connectivity index (χ1) is 43.6. The first-order valence-electron chi connectivity index (χ1n) is 27.6. The Bertz CT molecular complexity index is 4450. The highest BCUT2D eigenvalue weighted by Gasteiger charge is 2.47. The van der Waals surface area contributed by atoms with E-state index in [0.29, 0.717) is 23.3 Å². The van der Waals surface area contributed by atoms with Gasteiger partial charge in [0.2, 0.25) is 0 Å². The van der Waals surface area contributed by atoms with Gasteiger partial charge in [-0.05, 0) is 132 Å². The number of nitrogen functional groups attached to an aromatic ring is 2. The van der Waals surface area contributed by atoms with Gasteiger partial charge >= 0.3 is 0 Å². The van der Waals surface area contributed by atoms with Crippen LogP contribution in [0.5, 0.6) is 0 Å². The van der Waals surface area contributed by atoms with Gasteiger partial charge in [0.25, 0.3) is 5.24 Å². The molecule has 4 N–H and O–H groups in total. The quantitative estimate of drug-likeness (QED) is 0.0335. The zero-order valence-corrected chi connectivity index (χ0v) is 47.7. The number of carbonyl (C=O) groups is 3. The summed E-state index contributed by atoms with van der Waals surface area (Å²) in [5.74, 6) is -24.5. The normalized spacial score (nSPS) is 12.7. The summed E-state index contributed by atoms with van der Waals surface area (Å²) in [6.07, 6.45) is -0.875. The van der Waals surface area contributed by atoms with E-state index < -0.39 is 122 Å². The highest BCUT2D eigenvalue weighted by molar-refractivity contribution is 6.67. The number of ketones is 2. The molecule has 454 valence electrons. The van der Waals surface area contributed by atoms with Crippen molar-refractivity contribution in [3.8, 4) is 22.3 Å². The van der Waals surface area contributed by atoms with Crippen LogP contribution in [0.2, 0.25) is 0 Å². The van der Waals surface area contributed by atoms with Crippen molar-refractivity contribution in [2.45, 2.75) is 23.7 Å². The Labute approximate surface area is 516 Å². The molecule has 11 aromatic rings. The maximum absolute atomic E-state index is 14.4. The summed E-state index contributed by atoms with van der Waals surface area (Å²) in [7, 11) is 0. The van der Waals surface area contributed by atoms with Gasteiger partial charge in [-0.25, -0.2) is 52.7 Å². The molecule has 0 bridgehead atoms. The molecule has 91 heavy (non-hydrogen) atoms. The second kappa shape index (κ2) is 24.8. The summed E-state index contributed by atoms with van der Waals surface area (Å²) in [5.41, 5.74) is 22.8. The third-order valence-corrected chi connectivity index (χ3v) is 16.4. The fourth-order valence-electron chi connectivity index (χ4n) is 12.1. The molecule has 0 radical (unpaired) electrons. The molecular formula is C73H43ClF12N2O3. The maximum atomic E-state index is 14.4. The van der Waals surface area contributed by atoms with Crippen LogP contribution in [0.3, 0.4) is 0 Å². The summed E-state index contributed by atoms with van der Waals surface area (Å²) >= 11 is 4.77. The topological polar surface area (TPSA) is 103 Å². The first kappa shape index (κ1) is 62.1. The van der Waals surface area contributed by atoms with Gasteiger partial charge in [-0.3, -0.25) is 14.4 Å². The van der Waals surface area contributed by atoms with Gasteiger partial charge in [-0.1, -0.05) is 170 Å². The van der Waals surface area contributed by atoms with E-state index in [4.69, 9.17) is 23.1 Å². The fourth-order valence-corrected chi connectivity index (χ4v) is 12.2. The zero-order chi connectivity index (χ0) is 64.8. The van der Waals surface area contributed by atoms with E-state index >= 15 is 0 Å². The minimum absolute atomic E-state index is 0.197. The van der Waals surface area contributed by atoms with Crippen molar-refractivity contribution in [1.82, 2.24) is 0 Å². The lowest BCUT2D eigenvalue weighted by Gasteiger charge is -2.34. The highest BCUT2D eigenvalue weighted by Crippen LogP contribution is 2.57. The number of carbonyl (C=O) groups excluding carboxylic acids is 3. The Hall–Kier alpha value is -10.5. The van der Waals surface area contributed by atoms with Gasteiger partial charge in [0.15, 0.2) is 81.4 Å². The number of hydrogen-bond acceptors (Lipinski definition) is 5. The van der Waals surface area contributed by atoms with Gasteiger partial charge in [0.1, 0.15) is 0 Å². The summed E-state index contributed by atoms with van der Waals surface area (Å²) in [6.45, 7) is 0. The van der Waals surface area contributed by atoms with Crippen LogP contribution in [-0.4, -0.2) is 16.8 Å². The Kier molecular flexibility index (Phi) is 16.9. The number of benzene rings is 11. The molecule has 11 aromatic carbocycles. The van der Waals surface area contributed by atoms with Crippen LogP contribution in [0.1, 0.15) is 86.7 Å². The molecule has 0 spiro atoms.